The van der Waals surface area contributed by atoms with Crippen LogP contribution in [-0.4, -0.2) is 0 Å². The maximum Gasteiger partial charge on any atom is -0.00926 e. The summed E-state index contributed by atoms with van der Waals surface area (Å²) < 4.78 is 0. The Kier molecular flexibility index (Phi) is 5.76. The molecule has 0 aromatic heterocycles. The molecule has 0 nitrogen and oxygen atoms in total. The van der Waals surface area contributed by atoms with Gasteiger partial charge < -0.3 is 0 Å². The molecule has 1 aromatic rings. The first kappa shape index (κ1) is 13.8. The van der Waals surface area contributed by atoms with Crippen LogP contribution in [0.2, 0.25) is 0 Å². The van der Waals surface area contributed by atoms with E-state index in [0.717, 1.165) is 12.8 Å². The topological polar surface area (TPSA) is 0 Å². The van der Waals surface area contributed by atoms with Crippen molar-refractivity contribution in [2.45, 2.75) is 46.5 Å². The smallest absolute Gasteiger partial charge is 0.00926 e. The van der Waals surface area contributed by atoms with E-state index in [-0.39, 0.29) is 0 Å². The monoisotopic (exact) mass is 228 g/mol. The third-order valence-corrected chi connectivity index (χ3v) is 2.89. The first-order chi connectivity index (χ1) is 8.09. The van der Waals surface area contributed by atoms with Gasteiger partial charge in [-0.2, -0.15) is 0 Å². The molecule has 92 valence electrons. The second-order valence-electron chi connectivity index (χ2n) is 5.14. The van der Waals surface area contributed by atoms with Crippen LogP contribution in [0.4, 0.5) is 0 Å². The van der Waals surface area contributed by atoms with E-state index in [1.165, 1.54) is 16.7 Å². The minimum atomic E-state index is 0.612. The molecule has 0 saturated heterocycles. The van der Waals surface area contributed by atoms with E-state index in [4.69, 9.17) is 0 Å². The fraction of sp³-hybridized carbons (Fsp3) is 0.412. The van der Waals surface area contributed by atoms with Crippen molar-refractivity contribution < 1.29 is 0 Å². The van der Waals surface area contributed by atoms with Crippen LogP contribution < -0.4 is 0 Å². The molecule has 0 fully saturated rings. The van der Waals surface area contributed by atoms with E-state index in [2.05, 4.69) is 70.2 Å². The van der Waals surface area contributed by atoms with Crippen LogP contribution in [0.25, 0.3) is 0 Å². The Morgan fingerprint density at radius 3 is 1.76 bits per heavy atom. The van der Waals surface area contributed by atoms with Gasteiger partial charge in [0.05, 0.1) is 0 Å². The molecule has 1 aromatic carbocycles. The standard InChI is InChI=1S/C17H24/c1-14(2)10-12-17(13-11-15(3)4)16-8-6-5-7-9-16/h5-11,17H,12-13H2,1-4H3. The predicted octanol–water partition coefficient (Wildman–Crippen LogP) is 5.48. The van der Waals surface area contributed by atoms with E-state index in [1.54, 1.807) is 0 Å². The molecule has 17 heavy (non-hydrogen) atoms. The van der Waals surface area contributed by atoms with Gasteiger partial charge in [-0.1, -0.05) is 53.6 Å². The normalized spacial score (nSPS) is 10.2. The van der Waals surface area contributed by atoms with Gasteiger partial charge in [0.25, 0.3) is 0 Å². The number of hydrogen-bond acceptors (Lipinski definition) is 0. The van der Waals surface area contributed by atoms with Crippen molar-refractivity contribution in [1.29, 1.82) is 0 Å². The molecule has 0 aliphatic rings. The Hall–Kier alpha value is -1.30. The van der Waals surface area contributed by atoms with E-state index in [0.29, 0.717) is 5.92 Å². The zero-order valence-corrected chi connectivity index (χ0v) is 11.5. The summed E-state index contributed by atoms with van der Waals surface area (Å²) in [5.41, 5.74) is 4.26. The van der Waals surface area contributed by atoms with Crippen molar-refractivity contribution in [1.82, 2.24) is 0 Å². The highest BCUT2D eigenvalue weighted by Gasteiger charge is 2.07. The minimum Gasteiger partial charge on any atom is -0.0853 e. The maximum absolute atomic E-state index is 2.34. The summed E-state index contributed by atoms with van der Waals surface area (Å²) in [6.45, 7) is 8.68. The summed E-state index contributed by atoms with van der Waals surface area (Å²) >= 11 is 0. The second-order valence-corrected chi connectivity index (χ2v) is 5.14. The first-order valence-corrected chi connectivity index (χ1v) is 6.41. The van der Waals surface area contributed by atoms with Gasteiger partial charge in [0.15, 0.2) is 0 Å². The molecule has 0 aliphatic heterocycles. The van der Waals surface area contributed by atoms with Gasteiger partial charge in [-0.15, -0.1) is 0 Å². The Labute approximate surface area is 106 Å². The SMILES string of the molecule is CC(C)=CCC(CC=C(C)C)c1ccccc1. The summed E-state index contributed by atoms with van der Waals surface area (Å²) in [4.78, 5) is 0. The summed E-state index contributed by atoms with van der Waals surface area (Å²) in [5, 5.41) is 0. The van der Waals surface area contributed by atoms with Crippen LogP contribution in [0.3, 0.4) is 0 Å². The van der Waals surface area contributed by atoms with Gasteiger partial charge >= 0.3 is 0 Å². The van der Waals surface area contributed by atoms with E-state index in [9.17, 15) is 0 Å². The Bertz CT molecular complexity index is 354. The van der Waals surface area contributed by atoms with Gasteiger partial charge in [-0.05, 0) is 52.0 Å². The highest BCUT2D eigenvalue weighted by atomic mass is 14.1. The van der Waals surface area contributed by atoms with Crippen LogP contribution in [-0.2, 0) is 0 Å². The van der Waals surface area contributed by atoms with E-state index >= 15 is 0 Å². The average Bonchev–Trinajstić information content (AvgIpc) is 2.29. The van der Waals surface area contributed by atoms with Crippen LogP contribution in [0, 0.1) is 0 Å². The lowest BCUT2D eigenvalue weighted by Gasteiger charge is -2.14. The van der Waals surface area contributed by atoms with Crippen LogP contribution in [0.5, 0.6) is 0 Å². The van der Waals surface area contributed by atoms with E-state index in [1.807, 2.05) is 0 Å². The van der Waals surface area contributed by atoms with Crippen LogP contribution >= 0.6 is 0 Å². The highest BCUT2D eigenvalue weighted by molar-refractivity contribution is 5.22. The summed E-state index contributed by atoms with van der Waals surface area (Å²) in [7, 11) is 0. The zero-order chi connectivity index (χ0) is 12.7. The van der Waals surface area contributed by atoms with Crippen molar-refractivity contribution in [3.8, 4) is 0 Å². The van der Waals surface area contributed by atoms with Crippen LogP contribution in [0.15, 0.2) is 53.6 Å². The molecule has 0 N–H and O–H groups in total. The molecule has 1 rings (SSSR count). The second kappa shape index (κ2) is 7.11. The molecular weight excluding hydrogens is 204 g/mol. The van der Waals surface area contributed by atoms with Crippen molar-refractivity contribution >= 4 is 0 Å². The summed E-state index contributed by atoms with van der Waals surface area (Å²) in [6.07, 6.45) is 6.96. The minimum absolute atomic E-state index is 0.612. The summed E-state index contributed by atoms with van der Waals surface area (Å²) in [6, 6.07) is 10.8. The lowest BCUT2D eigenvalue weighted by atomic mass is 9.91. The van der Waals surface area contributed by atoms with Gasteiger partial charge in [-0.3, -0.25) is 0 Å². The van der Waals surface area contributed by atoms with Gasteiger partial charge in [-0.25, -0.2) is 0 Å². The lowest BCUT2D eigenvalue weighted by molar-refractivity contribution is 0.706. The van der Waals surface area contributed by atoms with Gasteiger partial charge in [0, 0.05) is 0 Å². The zero-order valence-electron chi connectivity index (χ0n) is 11.5. The third-order valence-electron chi connectivity index (χ3n) is 2.89. The third kappa shape index (κ3) is 5.53. The summed E-state index contributed by atoms with van der Waals surface area (Å²) in [5.74, 6) is 0.612. The fourth-order valence-corrected chi connectivity index (χ4v) is 1.85. The Balaban J connectivity index is 2.79. The quantitative estimate of drug-likeness (QED) is 0.585. The lowest BCUT2D eigenvalue weighted by Crippen LogP contribution is -1.96. The Morgan fingerprint density at radius 2 is 1.35 bits per heavy atom. The number of rotatable bonds is 5. The molecule has 0 amide bonds. The van der Waals surface area contributed by atoms with Crippen molar-refractivity contribution in [3.63, 3.8) is 0 Å². The fourth-order valence-electron chi connectivity index (χ4n) is 1.85. The molecule has 0 aliphatic carbocycles. The molecule has 0 spiro atoms. The molecule has 0 heterocycles. The largest absolute Gasteiger partial charge is 0.0853 e. The number of allylic oxidation sites excluding steroid dienone is 4. The molecule has 0 unspecified atom stereocenters. The maximum atomic E-state index is 2.34. The Morgan fingerprint density at radius 1 is 0.882 bits per heavy atom. The van der Waals surface area contributed by atoms with E-state index < -0.39 is 0 Å². The van der Waals surface area contributed by atoms with Crippen LogP contribution in [0.1, 0.15) is 52.0 Å². The number of benzene rings is 1. The van der Waals surface area contributed by atoms with Gasteiger partial charge in [0.2, 0.25) is 0 Å². The van der Waals surface area contributed by atoms with Crippen molar-refractivity contribution in [3.05, 3.63) is 59.2 Å². The predicted molar refractivity (Wildman–Crippen MR) is 77.3 cm³/mol. The van der Waals surface area contributed by atoms with Gasteiger partial charge in [0.1, 0.15) is 0 Å². The molecule has 0 saturated carbocycles. The average molecular weight is 228 g/mol. The van der Waals surface area contributed by atoms with Crippen molar-refractivity contribution in [2.75, 3.05) is 0 Å². The molecule has 0 radical (unpaired) electrons. The molecule has 0 atom stereocenters. The first-order valence-electron chi connectivity index (χ1n) is 6.41. The molecule has 0 bridgehead atoms. The number of hydrogen-bond donors (Lipinski definition) is 0. The molecular formula is C17H24. The molecule has 0 heteroatoms. The van der Waals surface area contributed by atoms with Crippen molar-refractivity contribution in [2.24, 2.45) is 0 Å². The highest BCUT2D eigenvalue weighted by Crippen LogP contribution is 2.25.